The van der Waals surface area contributed by atoms with Crippen LogP contribution in [0.5, 0.6) is 5.75 Å². The zero-order valence-electron chi connectivity index (χ0n) is 14.4. The predicted octanol–water partition coefficient (Wildman–Crippen LogP) is 2.27. The second kappa shape index (κ2) is 6.84. The van der Waals surface area contributed by atoms with E-state index in [0.29, 0.717) is 12.8 Å². The maximum atomic E-state index is 13.7. The van der Waals surface area contributed by atoms with Gasteiger partial charge >= 0.3 is 18.0 Å². The van der Waals surface area contributed by atoms with Gasteiger partial charge in [-0.05, 0) is 31.4 Å². The van der Waals surface area contributed by atoms with Crippen LogP contribution in [-0.2, 0) is 9.59 Å². The van der Waals surface area contributed by atoms with Gasteiger partial charge in [0.25, 0.3) is 5.72 Å². The van der Waals surface area contributed by atoms with Crippen LogP contribution in [-0.4, -0.2) is 46.7 Å². The van der Waals surface area contributed by atoms with Crippen LogP contribution in [0.25, 0.3) is 0 Å². The van der Waals surface area contributed by atoms with Gasteiger partial charge in [0, 0.05) is 5.71 Å². The van der Waals surface area contributed by atoms with Crippen LogP contribution >= 0.6 is 0 Å². The Morgan fingerprint density at radius 2 is 2.04 bits per heavy atom. The summed E-state index contributed by atoms with van der Waals surface area (Å²) in [5, 5.41) is 16.2. The Morgan fingerprint density at radius 1 is 1.33 bits per heavy atom. The van der Waals surface area contributed by atoms with E-state index in [2.05, 4.69) is 10.4 Å². The van der Waals surface area contributed by atoms with Crippen LogP contribution in [0.3, 0.4) is 0 Å². The standard InChI is InChI=1S/C17H18F3N3O4/c1-27-13-9-5-4-8-12(13)21-14(24)15(25)23-16(26,17(18,19)20)10-6-2-3-7-11(10)22-23/h4-5,8-10,26H,2-3,6-7H2,1H3,(H,21,24)/t10-,16+/m1/s1. The molecule has 7 nitrogen and oxygen atoms in total. The molecule has 0 saturated heterocycles. The van der Waals surface area contributed by atoms with Gasteiger partial charge in [0.05, 0.1) is 18.7 Å². The number of amides is 2. The fourth-order valence-electron chi connectivity index (χ4n) is 3.44. The highest BCUT2D eigenvalue weighted by Crippen LogP contribution is 2.48. The SMILES string of the molecule is COc1ccccc1NC(=O)C(=O)N1N=C2CCCC[C@H]2[C@]1(O)C(F)(F)F. The summed E-state index contributed by atoms with van der Waals surface area (Å²) in [6, 6.07) is 6.11. The predicted molar refractivity (Wildman–Crippen MR) is 88.9 cm³/mol. The molecule has 1 aliphatic heterocycles. The highest BCUT2D eigenvalue weighted by molar-refractivity contribution is 6.40. The van der Waals surface area contributed by atoms with E-state index in [-0.39, 0.29) is 35.0 Å². The smallest absolute Gasteiger partial charge is 0.439 e. The number of anilines is 1. The number of fused-ring (bicyclic) bond motifs is 1. The van der Waals surface area contributed by atoms with E-state index in [1.807, 2.05) is 0 Å². The zero-order valence-corrected chi connectivity index (χ0v) is 14.4. The van der Waals surface area contributed by atoms with Crippen molar-refractivity contribution in [1.82, 2.24) is 5.01 Å². The molecule has 2 amide bonds. The second-order valence-electron chi connectivity index (χ2n) is 6.38. The lowest BCUT2D eigenvalue weighted by Crippen LogP contribution is -2.62. The average molecular weight is 385 g/mol. The van der Waals surface area contributed by atoms with Crippen molar-refractivity contribution in [2.24, 2.45) is 11.0 Å². The topological polar surface area (TPSA) is 91.2 Å². The molecule has 2 N–H and O–H groups in total. The van der Waals surface area contributed by atoms with Crippen molar-refractivity contribution in [3.63, 3.8) is 0 Å². The molecule has 3 rings (SSSR count). The first-order valence-corrected chi connectivity index (χ1v) is 8.35. The van der Waals surface area contributed by atoms with Crippen LogP contribution in [0.4, 0.5) is 18.9 Å². The zero-order chi connectivity index (χ0) is 19.8. The van der Waals surface area contributed by atoms with E-state index in [1.165, 1.54) is 19.2 Å². The minimum Gasteiger partial charge on any atom is -0.495 e. The molecule has 146 valence electrons. The third kappa shape index (κ3) is 3.14. The lowest BCUT2D eigenvalue weighted by atomic mass is 9.80. The van der Waals surface area contributed by atoms with Crippen molar-refractivity contribution >= 4 is 23.2 Å². The number of hydrogen-bond acceptors (Lipinski definition) is 5. The van der Waals surface area contributed by atoms with E-state index in [1.54, 1.807) is 12.1 Å². The molecule has 2 aliphatic rings. The number of nitrogens with one attached hydrogen (secondary N) is 1. The van der Waals surface area contributed by atoms with Gasteiger partial charge in [-0.1, -0.05) is 18.6 Å². The fourth-order valence-corrected chi connectivity index (χ4v) is 3.44. The Labute approximate surface area is 152 Å². The van der Waals surface area contributed by atoms with Gasteiger partial charge in [-0.2, -0.15) is 23.3 Å². The number of rotatable bonds is 2. The molecule has 1 fully saturated rings. The lowest BCUT2D eigenvalue weighted by Gasteiger charge is -2.37. The number of nitrogens with zero attached hydrogens (tertiary/aromatic N) is 2. The summed E-state index contributed by atoms with van der Waals surface area (Å²) in [6.07, 6.45) is -3.81. The number of halogens is 3. The monoisotopic (exact) mass is 385 g/mol. The van der Waals surface area contributed by atoms with Gasteiger partial charge in [0.2, 0.25) is 0 Å². The number of carbonyl (C=O) groups is 2. The number of hydrazone groups is 1. The van der Waals surface area contributed by atoms with E-state index >= 15 is 0 Å². The Kier molecular flexibility index (Phi) is 4.85. The molecule has 0 bridgehead atoms. The van der Waals surface area contributed by atoms with Gasteiger partial charge < -0.3 is 15.2 Å². The quantitative estimate of drug-likeness (QED) is 0.764. The van der Waals surface area contributed by atoms with Gasteiger partial charge in [0.1, 0.15) is 5.75 Å². The number of carbonyl (C=O) groups excluding carboxylic acids is 2. The highest BCUT2D eigenvalue weighted by Gasteiger charge is 2.69. The van der Waals surface area contributed by atoms with Gasteiger partial charge in [-0.3, -0.25) is 9.59 Å². The largest absolute Gasteiger partial charge is 0.495 e. The molecule has 1 aromatic carbocycles. The molecule has 1 saturated carbocycles. The molecular weight excluding hydrogens is 367 g/mol. The number of para-hydroxylation sites is 2. The van der Waals surface area contributed by atoms with Gasteiger partial charge in [-0.15, -0.1) is 0 Å². The maximum absolute atomic E-state index is 13.7. The Balaban J connectivity index is 1.89. The van der Waals surface area contributed by atoms with E-state index in [0.717, 1.165) is 0 Å². The summed E-state index contributed by atoms with van der Waals surface area (Å²) in [4.78, 5) is 24.7. The normalized spacial score (nSPS) is 24.9. The van der Waals surface area contributed by atoms with Crippen molar-refractivity contribution in [2.45, 2.75) is 37.6 Å². The third-order valence-corrected chi connectivity index (χ3v) is 4.77. The number of alkyl halides is 3. The minimum atomic E-state index is -5.17. The van der Waals surface area contributed by atoms with Crippen molar-refractivity contribution in [3.8, 4) is 5.75 Å². The molecule has 27 heavy (non-hydrogen) atoms. The van der Waals surface area contributed by atoms with Crippen molar-refractivity contribution in [1.29, 1.82) is 0 Å². The first-order valence-electron chi connectivity index (χ1n) is 8.35. The number of benzene rings is 1. The number of ether oxygens (including phenoxy) is 1. The van der Waals surface area contributed by atoms with Crippen LogP contribution in [0.2, 0.25) is 0 Å². The van der Waals surface area contributed by atoms with Crippen LogP contribution < -0.4 is 10.1 Å². The summed E-state index contributed by atoms with van der Waals surface area (Å²) in [5.74, 6) is -4.09. The molecule has 10 heteroatoms. The summed E-state index contributed by atoms with van der Waals surface area (Å²) >= 11 is 0. The first-order chi connectivity index (χ1) is 12.7. The Hall–Kier alpha value is -2.62. The summed E-state index contributed by atoms with van der Waals surface area (Å²) in [7, 11) is 1.34. The minimum absolute atomic E-state index is 0.0345. The van der Waals surface area contributed by atoms with E-state index in [4.69, 9.17) is 4.74 Å². The number of methoxy groups -OCH3 is 1. The maximum Gasteiger partial charge on any atom is 0.439 e. The number of hydrogen-bond donors (Lipinski definition) is 2. The molecule has 0 spiro atoms. The molecular formula is C17H18F3N3O4. The summed E-state index contributed by atoms with van der Waals surface area (Å²) in [6.45, 7) is 0. The van der Waals surface area contributed by atoms with Crippen LogP contribution in [0.1, 0.15) is 25.7 Å². The van der Waals surface area contributed by atoms with E-state index < -0.39 is 29.6 Å². The van der Waals surface area contributed by atoms with E-state index in [9.17, 15) is 27.9 Å². The molecule has 1 heterocycles. The molecule has 0 aromatic heterocycles. The van der Waals surface area contributed by atoms with Crippen molar-refractivity contribution in [3.05, 3.63) is 24.3 Å². The second-order valence-corrected chi connectivity index (χ2v) is 6.38. The Bertz CT molecular complexity index is 796. The van der Waals surface area contributed by atoms with Crippen molar-refractivity contribution < 1.29 is 32.6 Å². The number of aliphatic hydroxyl groups is 1. The molecule has 1 aromatic rings. The summed E-state index contributed by atoms with van der Waals surface area (Å²) in [5.41, 5.74) is -3.34. The van der Waals surface area contributed by atoms with Gasteiger partial charge in [-0.25, -0.2) is 0 Å². The molecule has 0 radical (unpaired) electrons. The average Bonchev–Trinajstić information content (AvgIpc) is 2.95. The van der Waals surface area contributed by atoms with Crippen LogP contribution in [0.15, 0.2) is 29.4 Å². The highest BCUT2D eigenvalue weighted by atomic mass is 19.4. The van der Waals surface area contributed by atoms with Gasteiger partial charge in [0.15, 0.2) is 0 Å². The van der Waals surface area contributed by atoms with Crippen LogP contribution in [0, 0.1) is 5.92 Å². The molecule has 2 atom stereocenters. The molecule has 1 aliphatic carbocycles. The molecule has 0 unspecified atom stereocenters. The summed E-state index contributed by atoms with van der Waals surface area (Å²) < 4.78 is 46.0. The van der Waals surface area contributed by atoms with Crippen molar-refractivity contribution in [2.75, 3.05) is 12.4 Å². The fraction of sp³-hybridized carbons (Fsp3) is 0.471. The first kappa shape index (κ1) is 19.2. The third-order valence-electron chi connectivity index (χ3n) is 4.77. The Morgan fingerprint density at radius 3 is 2.70 bits per heavy atom. The lowest BCUT2D eigenvalue weighted by molar-refractivity contribution is -0.316.